The van der Waals surface area contributed by atoms with E-state index >= 15 is 0 Å². The van der Waals surface area contributed by atoms with E-state index in [-0.39, 0.29) is 10.8 Å². The van der Waals surface area contributed by atoms with Crippen molar-refractivity contribution in [2.45, 2.75) is 66.2 Å². The second-order valence-corrected chi connectivity index (χ2v) is 23.1. The van der Waals surface area contributed by atoms with Crippen molar-refractivity contribution in [3.05, 3.63) is 285 Å². The van der Waals surface area contributed by atoms with Gasteiger partial charge < -0.3 is 9.80 Å². The highest BCUT2D eigenvalue weighted by Crippen LogP contribution is 2.53. The summed E-state index contributed by atoms with van der Waals surface area (Å²) in [6.45, 7) is 18.3. The van der Waals surface area contributed by atoms with Crippen LogP contribution in [0, 0.1) is 27.7 Å². The Kier molecular flexibility index (Phi) is 11.8. The molecular weight excluding hydrogens is 941 g/mol. The van der Waals surface area contributed by atoms with Crippen LogP contribution in [0.25, 0.3) is 68.1 Å². The molecule has 11 aromatic rings. The van der Waals surface area contributed by atoms with E-state index in [1.165, 1.54) is 133 Å². The summed E-state index contributed by atoms with van der Waals surface area (Å²) in [6.07, 6.45) is 8.99. The van der Waals surface area contributed by atoms with E-state index < -0.39 is 0 Å². The Hall–Kier alpha value is -8.98. The maximum atomic E-state index is 2.43. The lowest BCUT2D eigenvalue weighted by molar-refractivity contribution is 0.660. The summed E-state index contributed by atoms with van der Waals surface area (Å²) in [5, 5.41) is 4.96. The van der Waals surface area contributed by atoms with Crippen molar-refractivity contribution in [3.8, 4) is 22.3 Å². The molecule has 0 aliphatic heterocycles. The van der Waals surface area contributed by atoms with Gasteiger partial charge in [0.25, 0.3) is 0 Å². The third-order valence-corrected chi connectivity index (χ3v) is 16.7. The highest BCUT2D eigenvalue weighted by atomic mass is 15.1. The first kappa shape index (κ1) is 48.6. The van der Waals surface area contributed by atoms with Crippen molar-refractivity contribution >= 4 is 80.0 Å². The third-order valence-electron chi connectivity index (χ3n) is 16.7. The van der Waals surface area contributed by atoms with E-state index in [0.29, 0.717) is 0 Å². The van der Waals surface area contributed by atoms with Gasteiger partial charge in [-0.1, -0.05) is 198 Å². The molecule has 2 aliphatic rings. The molecular formula is C76H64N2. The Morgan fingerprint density at radius 1 is 0.256 bits per heavy atom. The van der Waals surface area contributed by atoms with E-state index in [1.54, 1.807) is 0 Å². The summed E-state index contributed by atoms with van der Waals surface area (Å²) in [6, 6.07) is 81.6. The minimum Gasteiger partial charge on any atom is -0.310 e. The van der Waals surface area contributed by atoms with Crippen LogP contribution in [0.5, 0.6) is 0 Å². The number of anilines is 6. The van der Waals surface area contributed by atoms with Crippen LogP contribution in [0.15, 0.2) is 218 Å². The summed E-state index contributed by atoms with van der Waals surface area (Å²) in [5.41, 5.74) is 27.1. The molecule has 0 fully saturated rings. The second-order valence-electron chi connectivity index (χ2n) is 23.1. The normalized spacial score (nSPS) is 13.7. The SMILES string of the molecule is Cc1cc(C)cc(N(c2ccc3c(c2)C(C)(C)c2cc(C=Cc4ccc(C=Cc5ccc6c(c5)C(C)(C)c5cc(N(c7cc(C)cc(C)c7)c7ccc8ccccc8c7)ccc5-6)cc4)ccc2-3)c2ccc3ccccc3c2)c1. The molecule has 0 saturated carbocycles. The number of benzene rings is 11. The average Bonchev–Trinajstić information content (AvgIpc) is 3.80. The van der Waals surface area contributed by atoms with Crippen molar-refractivity contribution in [3.63, 3.8) is 0 Å². The summed E-state index contributed by atoms with van der Waals surface area (Å²) in [7, 11) is 0. The summed E-state index contributed by atoms with van der Waals surface area (Å²) >= 11 is 0. The third kappa shape index (κ3) is 8.72. The number of nitrogens with zero attached hydrogens (tertiary/aromatic N) is 2. The molecule has 2 heteroatoms. The predicted molar refractivity (Wildman–Crippen MR) is 336 cm³/mol. The number of aryl methyl sites for hydroxylation is 4. The summed E-state index contributed by atoms with van der Waals surface area (Å²) in [5.74, 6) is 0. The van der Waals surface area contributed by atoms with Gasteiger partial charge in [0.15, 0.2) is 0 Å². The Morgan fingerprint density at radius 3 is 0.936 bits per heavy atom. The van der Waals surface area contributed by atoms with Crippen LogP contribution >= 0.6 is 0 Å². The van der Waals surface area contributed by atoms with Gasteiger partial charge in [0.1, 0.15) is 0 Å². The molecule has 0 radical (unpaired) electrons. The number of hydrogen-bond donors (Lipinski definition) is 0. The van der Waals surface area contributed by atoms with Gasteiger partial charge in [-0.15, -0.1) is 0 Å². The second kappa shape index (κ2) is 18.9. The molecule has 13 rings (SSSR count). The highest BCUT2D eigenvalue weighted by Gasteiger charge is 2.38. The van der Waals surface area contributed by atoms with E-state index in [4.69, 9.17) is 0 Å². The minimum atomic E-state index is -0.180. The van der Waals surface area contributed by atoms with Gasteiger partial charge in [0, 0.05) is 45.0 Å². The molecule has 0 amide bonds. The lowest BCUT2D eigenvalue weighted by Crippen LogP contribution is -2.17. The van der Waals surface area contributed by atoms with E-state index in [1.807, 2.05) is 0 Å². The van der Waals surface area contributed by atoms with Crippen LogP contribution in [0.3, 0.4) is 0 Å². The first-order valence-electron chi connectivity index (χ1n) is 27.5. The van der Waals surface area contributed by atoms with Gasteiger partial charge >= 0.3 is 0 Å². The van der Waals surface area contributed by atoms with E-state index in [2.05, 4.69) is 308 Å². The molecule has 0 N–H and O–H groups in total. The van der Waals surface area contributed by atoms with E-state index in [9.17, 15) is 0 Å². The first-order chi connectivity index (χ1) is 37.7. The topological polar surface area (TPSA) is 6.48 Å². The van der Waals surface area contributed by atoms with Gasteiger partial charge in [-0.2, -0.15) is 0 Å². The van der Waals surface area contributed by atoms with Crippen LogP contribution in [-0.4, -0.2) is 0 Å². The maximum absolute atomic E-state index is 2.43. The largest absolute Gasteiger partial charge is 0.310 e. The van der Waals surface area contributed by atoms with Crippen molar-refractivity contribution in [1.29, 1.82) is 0 Å². The van der Waals surface area contributed by atoms with Gasteiger partial charge in [0.05, 0.1) is 0 Å². The molecule has 2 nitrogen and oxygen atoms in total. The molecule has 78 heavy (non-hydrogen) atoms. The van der Waals surface area contributed by atoms with E-state index in [0.717, 1.165) is 11.4 Å². The molecule has 0 saturated heterocycles. The number of hydrogen-bond acceptors (Lipinski definition) is 2. The minimum absolute atomic E-state index is 0.180. The Labute approximate surface area is 460 Å². The fourth-order valence-corrected chi connectivity index (χ4v) is 12.8. The standard InChI is InChI=1S/C76H64N2/c1-49-37-50(2)40-65(39-49)77(61-29-27-57-13-9-11-15-59(57)45-61)63-31-35-69-67-33-25-55(43-71(67)75(5,6)73(69)47-63)23-21-53-17-19-54(20-18-53)22-24-56-26-34-68-70-36-32-64(48-74(70)76(7,8)72(68)44-56)78(66-41-51(3)38-52(4)42-66)62-30-28-58-14-10-12-16-60(58)46-62/h9-48H,1-8H3. The zero-order valence-corrected chi connectivity index (χ0v) is 46.0. The van der Waals surface area contributed by atoms with Crippen LogP contribution < -0.4 is 9.80 Å². The van der Waals surface area contributed by atoms with Crippen LogP contribution in [-0.2, 0) is 10.8 Å². The first-order valence-corrected chi connectivity index (χ1v) is 27.5. The molecule has 0 aromatic heterocycles. The monoisotopic (exact) mass is 1000 g/mol. The Balaban J connectivity index is 0.727. The fourth-order valence-electron chi connectivity index (χ4n) is 12.8. The molecule has 11 aromatic carbocycles. The van der Waals surface area contributed by atoms with Gasteiger partial charge in [-0.05, 0) is 211 Å². The van der Waals surface area contributed by atoms with Crippen molar-refractivity contribution < 1.29 is 0 Å². The Bertz CT molecular complexity index is 3940. The van der Waals surface area contributed by atoms with Crippen LogP contribution in [0.2, 0.25) is 0 Å². The van der Waals surface area contributed by atoms with Gasteiger partial charge in [-0.25, -0.2) is 0 Å². The van der Waals surface area contributed by atoms with Gasteiger partial charge in [-0.3, -0.25) is 0 Å². The quantitative estimate of drug-likeness (QED) is 0.126. The fraction of sp³-hybridized carbons (Fsp3) is 0.132. The average molecular weight is 1010 g/mol. The molecule has 2 aliphatic carbocycles. The van der Waals surface area contributed by atoms with Gasteiger partial charge in [0.2, 0.25) is 0 Å². The Morgan fingerprint density at radius 2 is 0.551 bits per heavy atom. The molecule has 0 heterocycles. The van der Waals surface area contributed by atoms with Crippen molar-refractivity contribution in [1.82, 2.24) is 0 Å². The molecule has 0 spiro atoms. The lowest BCUT2D eigenvalue weighted by atomic mass is 9.81. The number of rotatable bonds is 10. The van der Waals surface area contributed by atoms with Crippen LogP contribution in [0.1, 0.15) is 94.5 Å². The number of fused-ring (bicyclic) bond motifs is 8. The molecule has 0 bridgehead atoms. The molecule has 0 atom stereocenters. The predicted octanol–water partition coefficient (Wildman–Crippen LogP) is 21.1. The molecule has 0 unspecified atom stereocenters. The molecule has 378 valence electrons. The summed E-state index contributed by atoms with van der Waals surface area (Å²) < 4.78 is 0. The van der Waals surface area contributed by atoms with Crippen molar-refractivity contribution in [2.75, 3.05) is 9.80 Å². The highest BCUT2D eigenvalue weighted by molar-refractivity contribution is 5.93. The zero-order valence-electron chi connectivity index (χ0n) is 46.0. The zero-order chi connectivity index (χ0) is 53.5. The lowest BCUT2D eigenvalue weighted by Gasteiger charge is -2.29. The summed E-state index contributed by atoms with van der Waals surface area (Å²) in [4.78, 5) is 4.86. The van der Waals surface area contributed by atoms with Crippen LogP contribution in [0.4, 0.5) is 34.1 Å². The maximum Gasteiger partial charge on any atom is 0.0468 e. The smallest absolute Gasteiger partial charge is 0.0468 e. The van der Waals surface area contributed by atoms with Crippen molar-refractivity contribution in [2.24, 2.45) is 0 Å².